The van der Waals surface area contributed by atoms with Crippen LogP contribution in [0.4, 0.5) is 0 Å². The Morgan fingerprint density at radius 2 is 1.66 bits per heavy atom. The van der Waals surface area contributed by atoms with E-state index in [1.165, 1.54) is 10.6 Å². The number of rotatable bonds is 7. The van der Waals surface area contributed by atoms with E-state index in [-0.39, 0.29) is 17.7 Å². The minimum atomic E-state index is -3.15. The van der Waals surface area contributed by atoms with Crippen LogP contribution in [0.3, 0.4) is 0 Å². The van der Waals surface area contributed by atoms with Gasteiger partial charge in [0.05, 0.1) is 17.4 Å². The molecule has 0 aromatic heterocycles. The number of ether oxygens (including phenoxy) is 1. The summed E-state index contributed by atoms with van der Waals surface area (Å²) < 4.78 is 30.9. The highest BCUT2D eigenvalue weighted by molar-refractivity contribution is 7.88. The summed E-state index contributed by atoms with van der Waals surface area (Å²) in [5, 5.41) is 2.63. The summed E-state index contributed by atoms with van der Waals surface area (Å²) in [7, 11) is -3.15. The molecule has 5 rings (SSSR count). The monoisotopic (exact) mass is 538 g/mol. The second-order valence-electron chi connectivity index (χ2n) is 9.85. The van der Waals surface area contributed by atoms with E-state index >= 15 is 0 Å². The zero-order chi connectivity index (χ0) is 27.0. The predicted molar refractivity (Wildman–Crippen MR) is 140 cm³/mol. The Kier molecular flexibility index (Phi) is 7.08. The topological polar surface area (TPSA) is 116 Å². The van der Waals surface area contributed by atoms with Crippen LogP contribution in [0.1, 0.15) is 44.7 Å². The number of carbonyl (C=O) groups is 3. The predicted octanol–water partition coefficient (Wildman–Crippen LogP) is 1.73. The molecule has 2 fully saturated rings. The van der Waals surface area contributed by atoms with Crippen LogP contribution >= 0.6 is 0 Å². The largest absolute Gasteiger partial charge is 0.488 e. The van der Waals surface area contributed by atoms with Gasteiger partial charge in [0.25, 0.3) is 11.8 Å². The van der Waals surface area contributed by atoms with Gasteiger partial charge in [0.2, 0.25) is 15.9 Å². The van der Waals surface area contributed by atoms with E-state index in [1.807, 2.05) is 24.3 Å². The molecule has 2 saturated heterocycles. The molecular weight excluding hydrogens is 508 g/mol. The molecule has 0 spiro atoms. The van der Waals surface area contributed by atoms with Gasteiger partial charge in [-0.25, -0.2) is 8.42 Å². The average Bonchev–Trinajstić information content (AvgIpc) is 3.14. The quantitative estimate of drug-likeness (QED) is 0.534. The first-order valence-corrected chi connectivity index (χ1v) is 14.3. The highest BCUT2D eigenvalue weighted by Gasteiger charge is 2.45. The number of allylic oxidation sites excluding steroid dienone is 1. The number of hydrogen-bond acceptors (Lipinski definition) is 7. The smallest absolute Gasteiger partial charge is 0.266 e. The van der Waals surface area contributed by atoms with Crippen molar-refractivity contribution >= 4 is 27.7 Å². The van der Waals surface area contributed by atoms with Crippen LogP contribution in [-0.4, -0.2) is 78.7 Å². The van der Waals surface area contributed by atoms with Crippen LogP contribution in [0.25, 0.3) is 0 Å². The number of nitrogens with one attached hydrogen (secondary N) is 1. The standard InChI is InChI=1S/C27H30N4O6S/c1-18-6-11-22(25(32)28-18)31-26(33)21-4-3-5-23(24(21)27(31)34)37-17-20-9-7-19(8-10-20)16-29-12-14-30(15-13-29)38(2,35)36/h3-5,7-10,22H,1,6,11-17H2,2H3,(H,28,32). The highest BCUT2D eigenvalue weighted by Crippen LogP contribution is 2.34. The van der Waals surface area contributed by atoms with E-state index in [0.717, 1.165) is 22.6 Å². The Hall–Kier alpha value is -3.54. The first-order valence-electron chi connectivity index (χ1n) is 12.5. The van der Waals surface area contributed by atoms with Gasteiger partial charge in [0, 0.05) is 38.4 Å². The van der Waals surface area contributed by atoms with Gasteiger partial charge in [-0.2, -0.15) is 4.31 Å². The van der Waals surface area contributed by atoms with Gasteiger partial charge in [-0.15, -0.1) is 0 Å². The minimum absolute atomic E-state index is 0.180. The molecule has 0 saturated carbocycles. The molecular formula is C27H30N4O6S. The minimum Gasteiger partial charge on any atom is -0.488 e. The summed E-state index contributed by atoms with van der Waals surface area (Å²) in [6.07, 6.45) is 2.08. The van der Waals surface area contributed by atoms with Crippen LogP contribution < -0.4 is 10.1 Å². The molecule has 0 radical (unpaired) electrons. The molecule has 0 bridgehead atoms. The molecule has 3 aliphatic rings. The van der Waals surface area contributed by atoms with Crippen molar-refractivity contribution in [3.63, 3.8) is 0 Å². The number of piperazine rings is 1. The molecule has 3 aliphatic heterocycles. The van der Waals surface area contributed by atoms with Crippen LogP contribution in [0, 0.1) is 0 Å². The normalized spacial score (nSPS) is 21.0. The molecule has 38 heavy (non-hydrogen) atoms. The summed E-state index contributed by atoms with van der Waals surface area (Å²) in [6, 6.07) is 11.9. The van der Waals surface area contributed by atoms with Crippen molar-refractivity contribution < 1.29 is 27.5 Å². The second kappa shape index (κ2) is 10.3. The van der Waals surface area contributed by atoms with Crippen LogP contribution in [0.15, 0.2) is 54.7 Å². The third-order valence-electron chi connectivity index (χ3n) is 7.17. The van der Waals surface area contributed by atoms with E-state index < -0.39 is 33.8 Å². The zero-order valence-corrected chi connectivity index (χ0v) is 22.0. The third-order valence-corrected chi connectivity index (χ3v) is 8.47. The van der Waals surface area contributed by atoms with Crippen molar-refractivity contribution in [3.8, 4) is 5.75 Å². The van der Waals surface area contributed by atoms with Crippen molar-refractivity contribution in [2.75, 3.05) is 32.4 Å². The lowest BCUT2D eigenvalue weighted by Gasteiger charge is -2.33. The van der Waals surface area contributed by atoms with Crippen LogP contribution in [-0.2, 0) is 28.0 Å². The second-order valence-corrected chi connectivity index (χ2v) is 11.8. The van der Waals surface area contributed by atoms with Crippen molar-refractivity contribution in [2.45, 2.75) is 32.0 Å². The summed E-state index contributed by atoms with van der Waals surface area (Å²) in [5.41, 5.74) is 2.99. The molecule has 2 aromatic carbocycles. The lowest BCUT2D eigenvalue weighted by Crippen LogP contribution is -2.51. The van der Waals surface area contributed by atoms with Crippen LogP contribution in [0.5, 0.6) is 5.75 Å². The van der Waals surface area contributed by atoms with Gasteiger partial charge in [-0.3, -0.25) is 24.2 Å². The number of amides is 3. The van der Waals surface area contributed by atoms with Crippen molar-refractivity contribution in [1.29, 1.82) is 0 Å². The third kappa shape index (κ3) is 5.22. The number of carbonyl (C=O) groups excluding carboxylic acids is 3. The maximum Gasteiger partial charge on any atom is 0.266 e. The zero-order valence-electron chi connectivity index (χ0n) is 21.2. The van der Waals surface area contributed by atoms with Gasteiger partial charge in [0.15, 0.2) is 0 Å². The Balaban J connectivity index is 1.21. The Labute approximate surface area is 221 Å². The summed E-state index contributed by atoms with van der Waals surface area (Å²) in [5.74, 6) is -1.13. The van der Waals surface area contributed by atoms with Gasteiger partial charge in [-0.1, -0.05) is 36.9 Å². The average molecular weight is 539 g/mol. The highest BCUT2D eigenvalue weighted by atomic mass is 32.2. The number of nitrogens with zero attached hydrogens (tertiary/aromatic N) is 3. The van der Waals surface area contributed by atoms with Crippen molar-refractivity contribution in [1.82, 2.24) is 19.4 Å². The molecule has 1 unspecified atom stereocenters. The van der Waals surface area contributed by atoms with E-state index in [4.69, 9.17) is 4.74 Å². The fourth-order valence-corrected chi connectivity index (χ4v) is 5.89. The Morgan fingerprint density at radius 1 is 0.974 bits per heavy atom. The number of hydrogen-bond donors (Lipinski definition) is 1. The number of imide groups is 1. The first-order chi connectivity index (χ1) is 18.1. The maximum absolute atomic E-state index is 13.3. The van der Waals surface area contributed by atoms with E-state index in [0.29, 0.717) is 50.5 Å². The lowest BCUT2D eigenvalue weighted by molar-refractivity contribution is -0.125. The molecule has 3 amide bonds. The fourth-order valence-electron chi connectivity index (χ4n) is 5.06. The summed E-state index contributed by atoms with van der Waals surface area (Å²) in [4.78, 5) is 42.0. The number of sulfonamides is 1. The van der Waals surface area contributed by atoms with Crippen molar-refractivity contribution in [3.05, 3.63) is 77.0 Å². The number of fused-ring (bicyclic) bond motifs is 1. The Bertz CT molecular complexity index is 1400. The summed E-state index contributed by atoms with van der Waals surface area (Å²) in [6.45, 7) is 7.02. The molecule has 1 atom stereocenters. The first kappa shape index (κ1) is 26.1. The van der Waals surface area contributed by atoms with E-state index in [1.54, 1.807) is 18.2 Å². The van der Waals surface area contributed by atoms with Gasteiger partial charge < -0.3 is 10.1 Å². The molecule has 200 valence electrons. The summed E-state index contributed by atoms with van der Waals surface area (Å²) >= 11 is 0. The molecule has 3 heterocycles. The maximum atomic E-state index is 13.3. The van der Waals surface area contributed by atoms with Gasteiger partial charge >= 0.3 is 0 Å². The SMILES string of the molecule is C=C1CCC(N2C(=O)c3cccc(OCc4ccc(CN5CCN(S(C)(=O)=O)CC5)cc4)c3C2=O)C(=O)N1. The molecule has 11 heteroatoms. The van der Waals surface area contributed by atoms with Gasteiger partial charge in [-0.05, 0) is 36.1 Å². The molecule has 0 aliphatic carbocycles. The van der Waals surface area contributed by atoms with E-state index in [9.17, 15) is 22.8 Å². The fraction of sp³-hybridized carbons (Fsp3) is 0.370. The number of benzene rings is 2. The van der Waals surface area contributed by atoms with E-state index in [2.05, 4.69) is 16.8 Å². The molecule has 2 aromatic rings. The van der Waals surface area contributed by atoms with Gasteiger partial charge in [0.1, 0.15) is 18.4 Å². The van der Waals surface area contributed by atoms with Crippen LogP contribution in [0.2, 0.25) is 0 Å². The van der Waals surface area contributed by atoms with Crippen molar-refractivity contribution in [2.24, 2.45) is 0 Å². The molecule has 10 nitrogen and oxygen atoms in total. The lowest BCUT2D eigenvalue weighted by atomic mass is 10.0. The Morgan fingerprint density at radius 3 is 2.32 bits per heavy atom. The number of piperidine rings is 1. The molecule has 1 N–H and O–H groups in total.